The van der Waals surface area contributed by atoms with E-state index in [-0.39, 0.29) is 24.2 Å². The van der Waals surface area contributed by atoms with Crippen LogP contribution >= 0.6 is 11.6 Å². The summed E-state index contributed by atoms with van der Waals surface area (Å²) >= 11 is 5.91. The lowest BCUT2D eigenvalue weighted by Crippen LogP contribution is -2.44. The van der Waals surface area contributed by atoms with Gasteiger partial charge in [0.15, 0.2) is 0 Å². The van der Waals surface area contributed by atoms with Gasteiger partial charge in [0.25, 0.3) is 5.91 Å². The minimum absolute atomic E-state index is 0.0388. The smallest absolute Gasteiger partial charge is 0.433 e. The highest BCUT2D eigenvalue weighted by atomic mass is 35.5. The molecule has 1 aliphatic rings. The van der Waals surface area contributed by atoms with E-state index in [1.807, 2.05) is 0 Å². The molecule has 0 spiro atoms. The highest BCUT2D eigenvalue weighted by Gasteiger charge is 2.25. The number of nitrogens with one attached hydrogen (secondary N) is 2. The Balaban J connectivity index is 1.38. The summed E-state index contributed by atoms with van der Waals surface area (Å²) in [4.78, 5) is 55.0. The fourth-order valence-electron chi connectivity index (χ4n) is 4.42. The van der Waals surface area contributed by atoms with Crippen LogP contribution in [0.4, 0.5) is 4.79 Å². The maximum Gasteiger partial charge on any atom is 0.511 e. The van der Waals surface area contributed by atoms with Gasteiger partial charge in [-0.1, -0.05) is 36.2 Å². The Kier molecular flexibility index (Phi) is 9.93. The second-order valence-electron chi connectivity index (χ2n) is 9.17. The second-order valence-corrected chi connectivity index (χ2v) is 9.60. The molecule has 206 valence electrons. The van der Waals surface area contributed by atoms with Crippen LogP contribution in [0.25, 0.3) is 10.9 Å². The van der Waals surface area contributed by atoms with Gasteiger partial charge < -0.3 is 24.5 Å². The van der Waals surface area contributed by atoms with Crippen LogP contribution in [0.2, 0.25) is 5.02 Å². The number of ether oxygens (including phenoxy) is 3. The number of aromatic amines is 1. The van der Waals surface area contributed by atoms with Crippen molar-refractivity contribution in [3.05, 3.63) is 81.1 Å². The summed E-state index contributed by atoms with van der Waals surface area (Å²) in [5.74, 6) is -1.39. The zero-order chi connectivity index (χ0) is 27.6. The molecule has 0 aliphatic carbocycles. The molecule has 4 rings (SSSR count). The number of esters is 1. The van der Waals surface area contributed by atoms with Crippen molar-refractivity contribution in [1.29, 1.82) is 0 Å². The van der Waals surface area contributed by atoms with E-state index in [4.69, 9.17) is 25.8 Å². The summed E-state index contributed by atoms with van der Waals surface area (Å²) in [6.45, 7) is 2.04. The molecule has 11 heteroatoms. The van der Waals surface area contributed by atoms with Crippen LogP contribution in [0.5, 0.6) is 0 Å². The van der Waals surface area contributed by atoms with Gasteiger partial charge in [0.1, 0.15) is 12.6 Å². The molecule has 1 saturated heterocycles. The maximum absolute atomic E-state index is 13.0. The summed E-state index contributed by atoms with van der Waals surface area (Å²) in [6, 6.07) is 13.4. The van der Waals surface area contributed by atoms with Gasteiger partial charge in [0.2, 0.25) is 12.4 Å². The molecule has 2 heterocycles. The predicted molar refractivity (Wildman–Crippen MR) is 145 cm³/mol. The first-order valence-electron chi connectivity index (χ1n) is 12.7. The predicted octanol–water partition coefficient (Wildman–Crippen LogP) is 3.66. The van der Waals surface area contributed by atoms with E-state index in [0.717, 1.165) is 25.9 Å². The minimum atomic E-state index is -1.18. The molecule has 0 bridgehead atoms. The van der Waals surface area contributed by atoms with Crippen molar-refractivity contribution in [2.75, 3.05) is 33.0 Å². The molecule has 39 heavy (non-hydrogen) atoms. The first kappa shape index (κ1) is 28.1. The zero-order valence-electron chi connectivity index (χ0n) is 21.3. The van der Waals surface area contributed by atoms with Gasteiger partial charge in [-0.2, -0.15) is 0 Å². The third kappa shape index (κ3) is 8.30. The molecule has 2 N–H and O–H groups in total. The average Bonchev–Trinajstić information content (AvgIpc) is 2.93. The van der Waals surface area contributed by atoms with E-state index in [1.165, 1.54) is 24.6 Å². The van der Waals surface area contributed by atoms with E-state index in [9.17, 15) is 19.2 Å². The quantitative estimate of drug-likeness (QED) is 0.287. The Hall–Kier alpha value is -3.89. The van der Waals surface area contributed by atoms with Gasteiger partial charge in [0.05, 0.1) is 0 Å². The van der Waals surface area contributed by atoms with E-state index < -0.39 is 30.9 Å². The molecule has 1 aliphatic heterocycles. The summed E-state index contributed by atoms with van der Waals surface area (Å²) in [5.41, 5.74) is 1.05. The van der Waals surface area contributed by atoms with Crippen molar-refractivity contribution < 1.29 is 28.6 Å². The van der Waals surface area contributed by atoms with Crippen molar-refractivity contribution in [2.45, 2.75) is 31.7 Å². The van der Waals surface area contributed by atoms with Crippen LogP contribution in [-0.4, -0.2) is 67.0 Å². The number of hydrogen-bond acceptors (Lipinski definition) is 8. The second kappa shape index (κ2) is 13.8. The van der Waals surface area contributed by atoms with Gasteiger partial charge >= 0.3 is 12.1 Å². The van der Waals surface area contributed by atoms with Crippen LogP contribution in [-0.2, 0) is 25.4 Å². The van der Waals surface area contributed by atoms with Gasteiger partial charge in [-0.15, -0.1) is 0 Å². The molecule has 1 unspecified atom stereocenters. The van der Waals surface area contributed by atoms with E-state index in [0.29, 0.717) is 28.0 Å². The fraction of sp³-hybridized carbons (Fsp3) is 0.357. The normalized spacial score (nSPS) is 14.4. The lowest BCUT2D eigenvalue weighted by Gasteiger charge is -2.25. The van der Waals surface area contributed by atoms with Crippen LogP contribution in [0.1, 0.15) is 35.2 Å². The molecule has 1 amide bonds. The highest BCUT2D eigenvalue weighted by molar-refractivity contribution is 6.30. The number of H-pyrrole nitrogens is 1. The molecule has 1 aromatic heterocycles. The first-order chi connectivity index (χ1) is 18.9. The minimum Gasteiger partial charge on any atom is -0.433 e. The summed E-state index contributed by atoms with van der Waals surface area (Å²) in [7, 11) is 0. The van der Waals surface area contributed by atoms with Crippen LogP contribution < -0.4 is 10.9 Å². The van der Waals surface area contributed by atoms with Gasteiger partial charge in [-0.3, -0.25) is 14.5 Å². The number of likely N-dealkylation sites (tertiary alicyclic amines) is 1. The van der Waals surface area contributed by atoms with Crippen molar-refractivity contribution in [1.82, 2.24) is 15.2 Å². The molecular formula is C28H30ClN3O7. The largest absolute Gasteiger partial charge is 0.511 e. The summed E-state index contributed by atoms with van der Waals surface area (Å²) in [5, 5.41) is 3.82. The Morgan fingerprint density at radius 2 is 1.72 bits per heavy atom. The number of para-hydroxylation sites is 1. The molecule has 0 saturated carbocycles. The van der Waals surface area contributed by atoms with Crippen molar-refractivity contribution >= 4 is 40.5 Å². The van der Waals surface area contributed by atoms with Crippen LogP contribution in [0.3, 0.4) is 0 Å². The number of carbonyl (C=O) groups excluding carboxylic acids is 3. The highest BCUT2D eigenvalue weighted by Crippen LogP contribution is 2.17. The number of hydrogen-bond donors (Lipinski definition) is 2. The lowest BCUT2D eigenvalue weighted by molar-refractivity contribution is -0.155. The Labute approximate surface area is 230 Å². The third-order valence-corrected chi connectivity index (χ3v) is 6.66. The summed E-state index contributed by atoms with van der Waals surface area (Å²) < 4.78 is 15.1. The molecule has 0 radical (unpaired) electrons. The third-order valence-electron chi connectivity index (χ3n) is 6.41. The molecule has 10 nitrogen and oxygen atoms in total. The van der Waals surface area contributed by atoms with E-state index >= 15 is 0 Å². The average molecular weight is 556 g/mol. The number of halogens is 1. The standard InChI is InChI=1S/C28H30ClN3O7/c29-21-10-8-19(9-11-21)26(34)31-24(16-20-17-25(33)30-23-7-3-2-6-22(20)23)27(35)38-18-39-28(36)37-15-14-32-12-4-1-5-13-32/h2-3,6-11,17,24H,1,4-5,12-16,18H2,(H,30,33)(H,31,34). The Morgan fingerprint density at radius 3 is 2.49 bits per heavy atom. The van der Waals surface area contributed by atoms with Gasteiger partial charge in [0, 0.05) is 40.5 Å². The molecule has 3 aromatic rings. The number of aromatic nitrogens is 1. The zero-order valence-corrected chi connectivity index (χ0v) is 22.1. The number of fused-ring (bicyclic) bond motifs is 1. The Morgan fingerprint density at radius 1 is 0.974 bits per heavy atom. The van der Waals surface area contributed by atoms with Crippen molar-refractivity contribution in [3.8, 4) is 0 Å². The molecular weight excluding hydrogens is 526 g/mol. The molecule has 1 fully saturated rings. The first-order valence-corrected chi connectivity index (χ1v) is 13.1. The number of amides is 1. The van der Waals surface area contributed by atoms with Crippen LogP contribution in [0.15, 0.2) is 59.4 Å². The van der Waals surface area contributed by atoms with E-state index in [2.05, 4.69) is 15.2 Å². The summed E-state index contributed by atoms with van der Waals surface area (Å²) in [6.07, 6.45) is 2.47. The molecule has 1 atom stereocenters. The number of benzene rings is 2. The van der Waals surface area contributed by atoms with Crippen molar-refractivity contribution in [2.24, 2.45) is 0 Å². The number of nitrogens with zero attached hydrogens (tertiary/aromatic N) is 1. The molecule has 2 aromatic carbocycles. The van der Waals surface area contributed by atoms with Crippen molar-refractivity contribution in [3.63, 3.8) is 0 Å². The monoisotopic (exact) mass is 555 g/mol. The number of rotatable bonds is 10. The van der Waals surface area contributed by atoms with E-state index in [1.54, 1.807) is 36.4 Å². The number of piperidine rings is 1. The number of pyridine rings is 1. The topological polar surface area (TPSA) is 127 Å². The lowest BCUT2D eigenvalue weighted by atomic mass is 10.0. The maximum atomic E-state index is 13.0. The number of carbonyl (C=O) groups is 3. The van der Waals surface area contributed by atoms with Gasteiger partial charge in [-0.05, 0) is 61.8 Å². The fourth-order valence-corrected chi connectivity index (χ4v) is 4.55. The van der Waals surface area contributed by atoms with Crippen LogP contribution in [0, 0.1) is 0 Å². The SMILES string of the molecule is O=C(OCCN1CCCCC1)OCOC(=O)C(Cc1cc(=O)[nH]c2ccccc12)NC(=O)c1ccc(Cl)cc1. The van der Waals surface area contributed by atoms with Gasteiger partial charge in [-0.25, -0.2) is 9.59 Å². The Bertz CT molecular complexity index is 1350.